The van der Waals surface area contributed by atoms with Gasteiger partial charge in [-0.15, -0.1) is 24.0 Å². The molecule has 0 unspecified atom stereocenters. The molecule has 0 amide bonds. The molecule has 2 N–H and O–H groups in total. The van der Waals surface area contributed by atoms with Crippen molar-refractivity contribution < 1.29 is 4.74 Å². The lowest BCUT2D eigenvalue weighted by molar-refractivity contribution is -0.00834. The third kappa shape index (κ3) is 8.86. The number of nitrogens with one attached hydrogen (secondary N) is 2. The van der Waals surface area contributed by atoms with Gasteiger partial charge in [0.25, 0.3) is 0 Å². The summed E-state index contributed by atoms with van der Waals surface area (Å²) in [6.45, 7) is 13.4. The molecule has 1 aromatic rings. The number of ether oxygens (including phenoxy) is 1. The van der Waals surface area contributed by atoms with Crippen LogP contribution in [0, 0.1) is 0 Å². The number of nitrogens with zero attached hydrogens (tertiary/aromatic N) is 3. The molecule has 0 spiro atoms. The van der Waals surface area contributed by atoms with Gasteiger partial charge >= 0.3 is 0 Å². The molecule has 2 fully saturated rings. The Morgan fingerprint density at radius 3 is 2.35 bits per heavy atom. The fourth-order valence-electron chi connectivity index (χ4n) is 4.38. The minimum absolute atomic E-state index is 0. The van der Waals surface area contributed by atoms with Crippen molar-refractivity contribution in [1.29, 1.82) is 0 Å². The zero-order valence-corrected chi connectivity index (χ0v) is 22.0. The van der Waals surface area contributed by atoms with Crippen molar-refractivity contribution in [3.63, 3.8) is 0 Å². The average molecular weight is 544 g/mol. The Morgan fingerprint density at radius 1 is 1.00 bits per heavy atom. The highest BCUT2D eigenvalue weighted by Gasteiger charge is 2.28. The van der Waals surface area contributed by atoms with E-state index in [-0.39, 0.29) is 29.5 Å². The normalized spacial score (nSPS) is 19.4. The SMILES string of the molecule is CN=C(NCc1cccc(CN2CCCCCC2)c1)NCC(C)(C)N1CCOCC1.I. The number of guanidine groups is 1. The van der Waals surface area contributed by atoms with E-state index in [2.05, 4.69) is 63.5 Å². The van der Waals surface area contributed by atoms with Crippen LogP contribution in [-0.4, -0.2) is 74.3 Å². The Bertz CT molecular complexity index is 668. The third-order valence-electron chi connectivity index (χ3n) is 6.34. The number of aliphatic imine (C=N–C) groups is 1. The van der Waals surface area contributed by atoms with E-state index in [1.54, 1.807) is 0 Å². The van der Waals surface area contributed by atoms with E-state index in [9.17, 15) is 0 Å². The number of likely N-dealkylation sites (tertiary alicyclic amines) is 1. The van der Waals surface area contributed by atoms with Gasteiger partial charge < -0.3 is 15.4 Å². The summed E-state index contributed by atoms with van der Waals surface area (Å²) in [5.41, 5.74) is 2.78. The second-order valence-corrected chi connectivity index (χ2v) is 9.20. The summed E-state index contributed by atoms with van der Waals surface area (Å²) in [5, 5.41) is 7.00. The predicted molar refractivity (Wildman–Crippen MR) is 140 cm³/mol. The van der Waals surface area contributed by atoms with Crippen LogP contribution in [0.1, 0.15) is 50.7 Å². The molecule has 2 aliphatic rings. The maximum absolute atomic E-state index is 5.49. The maximum Gasteiger partial charge on any atom is 0.191 e. The number of benzene rings is 1. The molecule has 2 aliphatic heterocycles. The number of hydrogen-bond donors (Lipinski definition) is 2. The Balaban J connectivity index is 0.00000341. The first-order valence-corrected chi connectivity index (χ1v) is 11.6. The highest BCUT2D eigenvalue weighted by atomic mass is 127. The molecule has 0 saturated carbocycles. The predicted octanol–water partition coefficient (Wildman–Crippen LogP) is 3.46. The zero-order chi connectivity index (χ0) is 21.2. The van der Waals surface area contributed by atoms with Crippen molar-refractivity contribution in [1.82, 2.24) is 20.4 Å². The van der Waals surface area contributed by atoms with E-state index >= 15 is 0 Å². The van der Waals surface area contributed by atoms with Gasteiger partial charge in [0.05, 0.1) is 13.2 Å². The first kappa shape index (κ1) is 26.4. The molecular weight excluding hydrogens is 501 g/mol. The van der Waals surface area contributed by atoms with Crippen molar-refractivity contribution in [3.8, 4) is 0 Å². The van der Waals surface area contributed by atoms with Crippen LogP contribution in [0.3, 0.4) is 0 Å². The lowest BCUT2D eigenvalue weighted by Crippen LogP contribution is -2.56. The molecule has 2 heterocycles. The van der Waals surface area contributed by atoms with Gasteiger partial charge in [-0.05, 0) is 50.9 Å². The van der Waals surface area contributed by atoms with E-state index in [1.165, 1.54) is 49.9 Å². The topological polar surface area (TPSA) is 52.1 Å². The van der Waals surface area contributed by atoms with Crippen LogP contribution in [-0.2, 0) is 17.8 Å². The second kappa shape index (κ2) is 13.6. The smallest absolute Gasteiger partial charge is 0.191 e. The van der Waals surface area contributed by atoms with Crippen molar-refractivity contribution in [2.24, 2.45) is 4.99 Å². The van der Waals surface area contributed by atoms with Gasteiger partial charge in [0, 0.05) is 45.3 Å². The maximum atomic E-state index is 5.49. The van der Waals surface area contributed by atoms with E-state index in [4.69, 9.17) is 4.74 Å². The van der Waals surface area contributed by atoms with E-state index in [0.717, 1.165) is 51.9 Å². The lowest BCUT2D eigenvalue weighted by atomic mass is 10.0. The van der Waals surface area contributed by atoms with Crippen LogP contribution < -0.4 is 10.6 Å². The van der Waals surface area contributed by atoms with Crippen LogP contribution in [0.2, 0.25) is 0 Å². The first-order valence-electron chi connectivity index (χ1n) is 11.6. The molecule has 0 aromatic heterocycles. The number of halogens is 1. The largest absolute Gasteiger partial charge is 0.379 e. The van der Waals surface area contributed by atoms with Crippen molar-refractivity contribution in [2.75, 3.05) is 53.0 Å². The van der Waals surface area contributed by atoms with Gasteiger partial charge in [-0.3, -0.25) is 14.8 Å². The fourth-order valence-corrected chi connectivity index (χ4v) is 4.38. The summed E-state index contributed by atoms with van der Waals surface area (Å²) in [6.07, 6.45) is 5.44. The molecule has 0 bridgehead atoms. The van der Waals surface area contributed by atoms with Gasteiger partial charge in [-0.1, -0.05) is 37.1 Å². The highest BCUT2D eigenvalue weighted by molar-refractivity contribution is 14.0. The number of rotatable bonds is 7. The molecule has 1 aromatic carbocycles. The summed E-state index contributed by atoms with van der Waals surface area (Å²) in [5.74, 6) is 0.856. The van der Waals surface area contributed by atoms with Crippen LogP contribution in [0.5, 0.6) is 0 Å². The van der Waals surface area contributed by atoms with E-state index in [0.29, 0.717) is 0 Å². The molecule has 0 radical (unpaired) electrons. The summed E-state index contributed by atoms with van der Waals surface area (Å²) in [6, 6.07) is 8.97. The molecule has 31 heavy (non-hydrogen) atoms. The minimum atomic E-state index is 0. The number of hydrogen-bond acceptors (Lipinski definition) is 4. The molecule has 7 heteroatoms. The van der Waals surface area contributed by atoms with Crippen molar-refractivity contribution in [3.05, 3.63) is 35.4 Å². The van der Waals surface area contributed by atoms with Gasteiger partial charge in [0.15, 0.2) is 5.96 Å². The van der Waals surface area contributed by atoms with Crippen LogP contribution in [0.25, 0.3) is 0 Å². The van der Waals surface area contributed by atoms with Gasteiger partial charge in [0.1, 0.15) is 0 Å². The summed E-state index contributed by atoms with van der Waals surface area (Å²) >= 11 is 0. The first-order chi connectivity index (χ1) is 14.6. The Hall–Kier alpha value is -0.900. The highest BCUT2D eigenvalue weighted by Crippen LogP contribution is 2.16. The zero-order valence-electron chi connectivity index (χ0n) is 19.7. The third-order valence-corrected chi connectivity index (χ3v) is 6.34. The average Bonchev–Trinajstić information content (AvgIpc) is 3.03. The minimum Gasteiger partial charge on any atom is -0.379 e. The standard InChI is InChI=1S/C24H41N5O.HI/c1-24(2,29-13-15-30-16-14-29)20-27-23(25-3)26-18-21-9-8-10-22(17-21)19-28-11-6-4-5-7-12-28;/h8-10,17H,4-7,11-16,18-20H2,1-3H3,(H2,25,26,27);1H. The molecule has 176 valence electrons. The Morgan fingerprint density at radius 2 is 1.68 bits per heavy atom. The van der Waals surface area contributed by atoms with Crippen LogP contribution in [0.4, 0.5) is 0 Å². The van der Waals surface area contributed by atoms with Gasteiger partial charge in [-0.2, -0.15) is 0 Å². The Labute approximate surface area is 206 Å². The quantitative estimate of drug-likeness (QED) is 0.314. The summed E-state index contributed by atoms with van der Waals surface area (Å²) < 4.78 is 5.49. The van der Waals surface area contributed by atoms with Crippen molar-refractivity contribution >= 4 is 29.9 Å². The molecular formula is C24H42IN5O. The monoisotopic (exact) mass is 543 g/mol. The second-order valence-electron chi connectivity index (χ2n) is 9.20. The summed E-state index contributed by atoms with van der Waals surface area (Å²) in [7, 11) is 1.84. The Kier molecular flexibility index (Phi) is 11.6. The fraction of sp³-hybridized carbons (Fsp3) is 0.708. The molecule has 3 rings (SSSR count). The van der Waals surface area contributed by atoms with Crippen molar-refractivity contribution in [2.45, 2.75) is 58.2 Å². The number of morpholine rings is 1. The van der Waals surface area contributed by atoms with Crippen LogP contribution >= 0.6 is 24.0 Å². The lowest BCUT2D eigenvalue weighted by Gasteiger charge is -2.41. The van der Waals surface area contributed by atoms with Crippen LogP contribution in [0.15, 0.2) is 29.3 Å². The van der Waals surface area contributed by atoms with E-state index < -0.39 is 0 Å². The summed E-state index contributed by atoms with van der Waals surface area (Å²) in [4.78, 5) is 9.51. The van der Waals surface area contributed by atoms with Gasteiger partial charge in [0.2, 0.25) is 0 Å². The molecule has 0 atom stereocenters. The molecule has 0 aliphatic carbocycles. The molecule has 6 nitrogen and oxygen atoms in total. The van der Waals surface area contributed by atoms with Gasteiger partial charge in [-0.25, -0.2) is 0 Å². The molecule has 2 saturated heterocycles. The van der Waals surface area contributed by atoms with E-state index in [1.807, 2.05) is 7.05 Å².